The average Bonchev–Trinajstić information content (AvgIpc) is 3.16. The number of carbonyl (C=O) groups is 1. The second-order valence-electron chi connectivity index (χ2n) is 8.34. The minimum atomic E-state index is -0.270. The number of aryl methyl sites for hydroxylation is 1. The second-order valence-corrected chi connectivity index (χ2v) is 8.34. The first-order valence-electron chi connectivity index (χ1n) is 10.3. The Kier molecular flexibility index (Phi) is 6.71. The third-order valence-corrected chi connectivity index (χ3v) is 6.09. The van der Waals surface area contributed by atoms with Crippen molar-refractivity contribution in [1.29, 1.82) is 0 Å². The summed E-state index contributed by atoms with van der Waals surface area (Å²) in [6.45, 7) is 10.2. The van der Waals surface area contributed by atoms with E-state index in [-0.39, 0.29) is 12.0 Å². The van der Waals surface area contributed by atoms with Crippen molar-refractivity contribution in [3.63, 3.8) is 0 Å². The molecule has 4 nitrogen and oxygen atoms in total. The number of hydrogen-bond donors (Lipinski definition) is 1. The van der Waals surface area contributed by atoms with Crippen LogP contribution in [0.1, 0.15) is 52.0 Å². The van der Waals surface area contributed by atoms with Crippen molar-refractivity contribution in [3.8, 4) is 0 Å². The molecule has 2 heterocycles. The highest BCUT2D eigenvalue weighted by Gasteiger charge is 2.27. The predicted molar refractivity (Wildman–Crippen MR) is 106 cm³/mol. The second kappa shape index (κ2) is 9.01. The number of hydrogen-bond acceptors (Lipinski definition) is 3. The molecule has 1 N–H and O–H groups in total. The van der Waals surface area contributed by atoms with Crippen molar-refractivity contribution in [2.45, 2.75) is 65.0 Å². The number of ether oxygens (including phenoxy) is 1. The minimum absolute atomic E-state index is 0.0130. The molecule has 0 radical (unpaired) electrons. The van der Waals surface area contributed by atoms with Crippen LogP contribution in [0.4, 0.5) is 5.69 Å². The van der Waals surface area contributed by atoms with E-state index in [2.05, 4.69) is 43.1 Å². The van der Waals surface area contributed by atoms with Gasteiger partial charge < -0.3 is 15.0 Å². The van der Waals surface area contributed by atoms with E-state index in [9.17, 15) is 4.79 Å². The van der Waals surface area contributed by atoms with Gasteiger partial charge in [0.05, 0.1) is 0 Å². The largest absolute Gasteiger partial charge is 0.368 e. The number of rotatable bonds is 6. The van der Waals surface area contributed by atoms with Gasteiger partial charge in [0.25, 0.3) is 5.91 Å². The summed E-state index contributed by atoms with van der Waals surface area (Å²) in [6, 6.07) is 9.01. The van der Waals surface area contributed by atoms with Crippen molar-refractivity contribution in [2.24, 2.45) is 11.8 Å². The lowest BCUT2D eigenvalue weighted by Crippen LogP contribution is -2.43. The molecule has 3 rings (SSSR count). The lowest BCUT2D eigenvalue weighted by atomic mass is 9.82. The minimum Gasteiger partial charge on any atom is -0.368 e. The lowest BCUT2D eigenvalue weighted by molar-refractivity contribution is -0.124. The molecule has 2 aliphatic rings. The fourth-order valence-electron chi connectivity index (χ4n) is 4.24. The van der Waals surface area contributed by atoms with E-state index in [1.807, 2.05) is 12.1 Å². The first-order valence-corrected chi connectivity index (χ1v) is 10.3. The molecule has 26 heavy (non-hydrogen) atoms. The smallest absolute Gasteiger partial charge is 0.253 e. The number of carbonyl (C=O) groups excluding carboxylic acids is 1. The SMILES string of the molecule is CC(C)N1CC[C@H](CCc2ccc(NC(=O)[C@@H]3CCCO3)cc2)[C@H](C)C1. The summed E-state index contributed by atoms with van der Waals surface area (Å²) in [4.78, 5) is 14.7. The van der Waals surface area contributed by atoms with Gasteiger partial charge in [-0.1, -0.05) is 19.1 Å². The van der Waals surface area contributed by atoms with E-state index < -0.39 is 0 Å². The van der Waals surface area contributed by atoms with Crippen LogP contribution in [0, 0.1) is 11.8 Å². The molecule has 1 aromatic carbocycles. The fraction of sp³-hybridized carbons (Fsp3) is 0.682. The molecular formula is C22H34N2O2. The Morgan fingerprint density at radius 2 is 2.04 bits per heavy atom. The number of benzene rings is 1. The Morgan fingerprint density at radius 3 is 2.65 bits per heavy atom. The maximum absolute atomic E-state index is 12.1. The van der Waals surface area contributed by atoms with Gasteiger partial charge in [0.1, 0.15) is 6.10 Å². The van der Waals surface area contributed by atoms with Gasteiger partial charge in [0, 0.05) is 24.9 Å². The Morgan fingerprint density at radius 1 is 1.27 bits per heavy atom. The summed E-state index contributed by atoms with van der Waals surface area (Å²) >= 11 is 0. The van der Waals surface area contributed by atoms with Gasteiger partial charge in [-0.15, -0.1) is 0 Å². The van der Waals surface area contributed by atoms with Crippen LogP contribution in [0.25, 0.3) is 0 Å². The van der Waals surface area contributed by atoms with Crippen molar-refractivity contribution in [3.05, 3.63) is 29.8 Å². The Bertz CT molecular complexity index is 578. The number of anilines is 1. The van der Waals surface area contributed by atoms with Crippen LogP contribution >= 0.6 is 0 Å². The normalized spacial score (nSPS) is 27.0. The third-order valence-electron chi connectivity index (χ3n) is 6.09. The summed E-state index contributed by atoms with van der Waals surface area (Å²) in [5.41, 5.74) is 2.23. The van der Waals surface area contributed by atoms with Crippen molar-refractivity contribution >= 4 is 11.6 Å². The molecule has 0 aliphatic carbocycles. The molecule has 1 amide bonds. The third kappa shape index (κ3) is 5.08. The van der Waals surface area contributed by atoms with Crippen LogP contribution in [-0.4, -0.2) is 42.6 Å². The van der Waals surface area contributed by atoms with Gasteiger partial charge in [-0.3, -0.25) is 4.79 Å². The molecule has 144 valence electrons. The molecule has 1 aromatic rings. The molecule has 2 fully saturated rings. The van der Waals surface area contributed by atoms with Crippen LogP contribution < -0.4 is 5.32 Å². The van der Waals surface area contributed by atoms with Crippen LogP contribution in [0.2, 0.25) is 0 Å². The van der Waals surface area contributed by atoms with Gasteiger partial charge >= 0.3 is 0 Å². The average molecular weight is 359 g/mol. The molecule has 0 unspecified atom stereocenters. The Labute approximate surface area is 158 Å². The highest BCUT2D eigenvalue weighted by atomic mass is 16.5. The molecule has 0 spiro atoms. The van der Waals surface area contributed by atoms with Gasteiger partial charge in [-0.25, -0.2) is 0 Å². The zero-order valence-corrected chi connectivity index (χ0v) is 16.5. The zero-order chi connectivity index (χ0) is 18.5. The van der Waals surface area contributed by atoms with E-state index in [4.69, 9.17) is 4.74 Å². The van der Waals surface area contributed by atoms with Crippen LogP contribution in [-0.2, 0) is 16.0 Å². The Hall–Kier alpha value is -1.39. The van der Waals surface area contributed by atoms with Crippen LogP contribution in [0.5, 0.6) is 0 Å². The lowest BCUT2D eigenvalue weighted by Gasteiger charge is -2.39. The molecule has 0 aromatic heterocycles. The number of nitrogens with zero attached hydrogens (tertiary/aromatic N) is 1. The summed E-state index contributed by atoms with van der Waals surface area (Å²) in [5, 5.41) is 2.97. The van der Waals surface area contributed by atoms with E-state index >= 15 is 0 Å². The highest BCUT2D eigenvalue weighted by Crippen LogP contribution is 2.28. The summed E-state index contributed by atoms with van der Waals surface area (Å²) in [7, 11) is 0. The van der Waals surface area contributed by atoms with Crippen molar-refractivity contribution < 1.29 is 9.53 Å². The molecule has 0 saturated carbocycles. The molecule has 3 atom stereocenters. The van der Waals surface area contributed by atoms with E-state index in [1.54, 1.807) is 0 Å². The van der Waals surface area contributed by atoms with Crippen LogP contribution in [0.15, 0.2) is 24.3 Å². The summed E-state index contributed by atoms with van der Waals surface area (Å²) < 4.78 is 5.43. The number of likely N-dealkylation sites (tertiary alicyclic amines) is 1. The summed E-state index contributed by atoms with van der Waals surface area (Å²) in [5.74, 6) is 1.58. The first-order chi connectivity index (χ1) is 12.5. The molecule has 2 aliphatic heterocycles. The van der Waals surface area contributed by atoms with Gasteiger partial charge in [-0.05, 0) is 82.0 Å². The maximum Gasteiger partial charge on any atom is 0.253 e. The molecular weight excluding hydrogens is 324 g/mol. The van der Waals surface area contributed by atoms with E-state index in [0.29, 0.717) is 12.6 Å². The zero-order valence-electron chi connectivity index (χ0n) is 16.5. The highest BCUT2D eigenvalue weighted by molar-refractivity contribution is 5.94. The predicted octanol–water partition coefficient (Wildman–Crippen LogP) is 4.10. The number of nitrogens with one attached hydrogen (secondary N) is 1. The van der Waals surface area contributed by atoms with E-state index in [1.165, 1.54) is 31.5 Å². The van der Waals surface area contributed by atoms with E-state index in [0.717, 1.165) is 36.8 Å². The van der Waals surface area contributed by atoms with Gasteiger partial charge in [0.2, 0.25) is 0 Å². The quantitative estimate of drug-likeness (QED) is 0.832. The fourth-order valence-corrected chi connectivity index (χ4v) is 4.24. The standard InChI is InChI=1S/C22H34N2O2/c1-16(2)24-13-12-19(17(3)15-24)9-6-18-7-10-20(11-8-18)23-22(25)21-5-4-14-26-21/h7-8,10-11,16-17,19,21H,4-6,9,12-15H2,1-3H3,(H,23,25)/t17-,19+,21+/m1/s1. The number of piperidine rings is 1. The Balaban J connectivity index is 1.45. The summed E-state index contributed by atoms with van der Waals surface area (Å²) in [6.07, 6.45) is 5.23. The molecule has 4 heteroatoms. The molecule has 2 saturated heterocycles. The number of amides is 1. The molecule has 0 bridgehead atoms. The van der Waals surface area contributed by atoms with Gasteiger partial charge in [0.15, 0.2) is 0 Å². The monoisotopic (exact) mass is 358 g/mol. The maximum atomic E-state index is 12.1. The first kappa shape index (κ1) is 19.4. The van der Waals surface area contributed by atoms with Crippen LogP contribution in [0.3, 0.4) is 0 Å². The topological polar surface area (TPSA) is 41.6 Å². The van der Waals surface area contributed by atoms with Crippen molar-refractivity contribution in [1.82, 2.24) is 4.90 Å². The van der Waals surface area contributed by atoms with Gasteiger partial charge in [-0.2, -0.15) is 0 Å². The van der Waals surface area contributed by atoms with Crippen molar-refractivity contribution in [2.75, 3.05) is 25.0 Å².